The molecule has 0 aliphatic heterocycles. The third-order valence-electron chi connectivity index (χ3n) is 3.65. The number of fused-ring (bicyclic) bond motifs is 1. The molecule has 1 unspecified atom stereocenters. The summed E-state index contributed by atoms with van der Waals surface area (Å²) in [5.74, 6) is 5.78. The zero-order valence-electron chi connectivity index (χ0n) is 11.5. The highest BCUT2D eigenvalue weighted by atomic mass is 35.5. The summed E-state index contributed by atoms with van der Waals surface area (Å²) in [5, 5.41) is 3.03. The number of pyridine rings is 1. The molecule has 3 N–H and O–H groups in total. The quantitative estimate of drug-likeness (QED) is 0.571. The molecule has 0 saturated heterocycles. The molecule has 0 fully saturated rings. The van der Waals surface area contributed by atoms with E-state index in [4.69, 9.17) is 17.4 Å². The van der Waals surface area contributed by atoms with E-state index in [2.05, 4.69) is 22.5 Å². The third kappa shape index (κ3) is 3.05. The number of benzene rings is 2. The van der Waals surface area contributed by atoms with Crippen molar-refractivity contribution in [2.45, 2.75) is 12.5 Å². The van der Waals surface area contributed by atoms with E-state index in [1.54, 1.807) is 6.20 Å². The van der Waals surface area contributed by atoms with Crippen molar-refractivity contribution < 1.29 is 0 Å². The van der Waals surface area contributed by atoms with Gasteiger partial charge in [-0.1, -0.05) is 41.9 Å². The van der Waals surface area contributed by atoms with Gasteiger partial charge in [-0.15, -0.1) is 0 Å². The summed E-state index contributed by atoms with van der Waals surface area (Å²) in [7, 11) is 0. The van der Waals surface area contributed by atoms with Crippen LogP contribution in [-0.4, -0.2) is 4.98 Å². The average molecular weight is 298 g/mol. The standard InChI is InChI=1S/C17H16ClN3/c18-14-6-4-12(5-7-14)10-17(21-19)15-3-1-2-13-8-9-20-11-16(13)15/h1-9,11,17,21H,10,19H2. The van der Waals surface area contributed by atoms with Crippen molar-refractivity contribution in [3.8, 4) is 0 Å². The van der Waals surface area contributed by atoms with Crippen LogP contribution in [0.2, 0.25) is 5.02 Å². The van der Waals surface area contributed by atoms with Gasteiger partial charge in [0.05, 0.1) is 6.04 Å². The molecule has 0 bridgehead atoms. The molecule has 0 amide bonds. The minimum atomic E-state index is 0.0269. The lowest BCUT2D eigenvalue weighted by Gasteiger charge is -2.18. The average Bonchev–Trinajstić information content (AvgIpc) is 2.54. The molecule has 2 aromatic carbocycles. The van der Waals surface area contributed by atoms with Gasteiger partial charge < -0.3 is 0 Å². The SMILES string of the molecule is NNC(Cc1ccc(Cl)cc1)c1cccc2ccncc12. The zero-order chi connectivity index (χ0) is 14.7. The van der Waals surface area contributed by atoms with E-state index in [0.717, 1.165) is 22.4 Å². The van der Waals surface area contributed by atoms with Crippen molar-refractivity contribution in [1.29, 1.82) is 0 Å². The molecule has 0 radical (unpaired) electrons. The highest BCUT2D eigenvalue weighted by molar-refractivity contribution is 6.30. The van der Waals surface area contributed by atoms with Crippen molar-refractivity contribution in [2.24, 2.45) is 5.84 Å². The first kappa shape index (κ1) is 14.0. The van der Waals surface area contributed by atoms with Crippen LogP contribution in [0, 0.1) is 0 Å². The molecule has 3 nitrogen and oxygen atoms in total. The van der Waals surface area contributed by atoms with Crippen LogP contribution >= 0.6 is 11.6 Å². The second-order valence-electron chi connectivity index (χ2n) is 4.99. The molecule has 0 spiro atoms. The van der Waals surface area contributed by atoms with E-state index in [1.165, 1.54) is 10.9 Å². The van der Waals surface area contributed by atoms with Gasteiger partial charge in [-0.05, 0) is 41.1 Å². The van der Waals surface area contributed by atoms with Gasteiger partial charge in [0.1, 0.15) is 0 Å². The van der Waals surface area contributed by atoms with E-state index < -0.39 is 0 Å². The van der Waals surface area contributed by atoms with Crippen molar-refractivity contribution in [2.75, 3.05) is 0 Å². The molecule has 1 atom stereocenters. The topological polar surface area (TPSA) is 50.9 Å². The van der Waals surface area contributed by atoms with Crippen LogP contribution in [0.4, 0.5) is 0 Å². The van der Waals surface area contributed by atoms with Gasteiger partial charge in [0.15, 0.2) is 0 Å². The number of hydrazine groups is 1. The van der Waals surface area contributed by atoms with E-state index in [-0.39, 0.29) is 6.04 Å². The van der Waals surface area contributed by atoms with Gasteiger partial charge in [0.25, 0.3) is 0 Å². The Kier molecular flexibility index (Phi) is 4.15. The maximum absolute atomic E-state index is 5.93. The van der Waals surface area contributed by atoms with Crippen LogP contribution < -0.4 is 11.3 Å². The predicted molar refractivity (Wildman–Crippen MR) is 87.0 cm³/mol. The van der Waals surface area contributed by atoms with Crippen molar-refractivity contribution >= 4 is 22.4 Å². The number of nitrogens with two attached hydrogens (primary N) is 1. The Balaban J connectivity index is 1.96. The first-order valence-electron chi connectivity index (χ1n) is 6.81. The van der Waals surface area contributed by atoms with E-state index >= 15 is 0 Å². The van der Waals surface area contributed by atoms with Crippen LogP contribution in [0.15, 0.2) is 60.9 Å². The Morgan fingerprint density at radius 2 is 1.90 bits per heavy atom. The Morgan fingerprint density at radius 1 is 1.10 bits per heavy atom. The van der Waals surface area contributed by atoms with Crippen LogP contribution in [0.1, 0.15) is 17.2 Å². The number of aromatic nitrogens is 1. The van der Waals surface area contributed by atoms with E-state index in [1.807, 2.05) is 42.6 Å². The Hall–Kier alpha value is -1.94. The lowest BCUT2D eigenvalue weighted by atomic mass is 9.95. The molecular formula is C17H16ClN3. The molecule has 0 saturated carbocycles. The maximum atomic E-state index is 5.93. The summed E-state index contributed by atoms with van der Waals surface area (Å²) in [6.45, 7) is 0. The zero-order valence-corrected chi connectivity index (χ0v) is 12.2. The Bertz CT molecular complexity index is 735. The molecule has 0 aliphatic rings. The number of halogens is 1. The predicted octanol–water partition coefficient (Wildman–Crippen LogP) is 3.64. The summed E-state index contributed by atoms with van der Waals surface area (Å²) in [6.07, 6.45) is 4.48. The molecule has 4 heteroatoms. The van der Waals surface area contributed by atoms with Gasteiger partial charge in [-0.25, -0.2) is 0 Å². The van der Waals surface area contributed by atoms with Crippen LogP contribution in [0.3, 0.4) is 0 Å². The van der Waals surface area contributed by atoms with Gasteiger partial charge in [-0.3, -0.25) is 16.3 Å². The fourth-order valence-electron chi connectivity index (χ4n) is 2.56. The Morgan fingerprint density at radius 3 is 2.67 bits per heavy atom. The molecule has 21 heavy (non-hydrogen) atoms. The second-order valence-corrected chi connectivity index (χ2v) is 5.43. The van der Waals surface area contributed by atoms with Gasteiger partial charge >= 0.3 is 0 Å². The summed E-state index contributed by atoms with van der Waals surface area (Å²) in [6, 6.07) is 16.1. The lowest BCUT2D eigenvalue weighted by molar-refractivity contribution is 0.555. The maximum Gasteiger partial charge on any atom is 0.0507 e. The fraction of sp³-hybridized carbons (Fsp3) is 0.118. The summed E-state index contributed by atoms with van der Waals surface area (Å²) >= 11 is 5.93. The first-order valence-corrected chi connectivity index (χ1v) is 7.19. The minimum Gasteiger partial charge on any atom is -0.271 e. The summed E-state index contributed by atoms with van der Waals surface area (Å²) < 4.78 is 0. The Labute approximate surface area is 128 Å². The molecular weight excluding hydrogens is 282 g/mol. The van der Waals surface area contributed by atoms with Crippen molar-refractivity contribution in [1.82, 2.24) is 10.4 Å². The molecule has 106 valence electrons. The van der Waals surface area contributed by atoms with Crippen LogP contribution in [0.25, 0.3) is 10.8 Å². The van der Waals surface area contributed by atoms with Crippen molar-refractivity contribution in [3.63, 3.8) is 0 Å². The fourth-order valence-corrected chi connectivity index (χ4v) is 2.68. The third-order valence-corrected chi connectivity index (χ3v) is 3.90. The van der Waals surface area contributed by atoms with Gasteiger partial charge in [-0.2, -0.15) is 0 Å². The molecule has 1 aromatic heterocycles. The highest BCUT2D eigenvalue weighted by Gasteiger charge is 2.13. The highest BCUT2D eigenvalue weighted by Crippen LogP contribution is 2.26. The first-order chi connectivity index (χ1) is 10.3. The van der Waals surface area contributed by atoms with Crippen LogP contribution in [-0.2, 0) is 6.42 Å². The molecule has 0 aliphatic carbocycles. The van der Waals surface area contributed by atoms with E-state index in [0.29, 0.717) is 0 Å². The van der Waals surface area contributed by atoms with Crippen LogP contribution in [0.5, 0.6) is 0 Å². The van der Waals surface area contributed by atoms with Crippen molar-refractivity contribution in [3.05, 3.63) is 77.1 Å². The largest absolute Gasteiger partial charge is 0.271 e. The second kappa shape index (κ2) is 6.22. The number of hydrogen-bond donors (Lipinski definition) is 2. The lowest BCUT2D eigenvalue weighted by Crippen LogP contribution is -2.29. The monoisotopic (exact) mass is 297 g/mol. The number of nitrogens with one attached hydrogen (secondary N) is 1. The summed E-state index contributed by atoms with van der Waals surface area (Å²) in [4.78, 5) is 4.22. The van der Waals surface area contributed by atoms with Gasteiger partial charge in [0.2, 0.25) is 0 Å². The van der Waals surface area contributed by atoms with Gasteiger partial charge in [0, 0.05) is 22.8 Å². The molecule has 3 aromatic rings. The normalized spacial score (nSPS) is 12.5. The van der Waals surface area contributed by atoms with E-state index in [9.17, 15) is 0 Å². The molecule has 1 heterocycles. The minimum absolute atomic E-state index is 0.0269. The number of rotatable bonds is 4. The number of hydrogen-bond acceptors (Lipinski definition) is 3. The number of nitrogens with zero attached hydrogens (tertiary/aromatic N) is 1. The molecule has 3 rings (SSSR count). The smallest absolute Gasteiger partial charge is 0.0507 e. The summed E-state index contributed by atoms with van der Waals surface area (Å²) in [5.41, 5.74) is 5.25.